The summed E-state index contributed by atoms with van der Waals surface area (Å²) in [6, 6.07) is -1.19. The van der Waals surface area contributed by atoms with E-state index in [0.717, 1.165) is 44.9 Å². The van der Waals surface area contributed by atoms with Gasteiger partial charge >= 0.3 is 0 Å². The SMILES string of the molecule is CCCCCC/C=C/CC/C=C/CC/C=C/CCCC(O)C(O)C(COC1OC(CO)C(O)C(O)C1O)NC(=O)C(O)CCCCCCCCCCCCCCCCCCCCCCCCCCCCCCCCCCCC. The van der Waals surface area contributed by atoms with E-state index < -0.39 is 74.2 Å². The van der Waals surface area contributed by atoms with Crippen molar-refractivity contribution in [2.75, 3.05) is 13.2 Å². The number of aliphatic hydroxyl groups is 7. The Morgan fingerprint density at radius 3 is 1.14 bits per heavy atom. The Bertz CT molecular complexity index is 1360. The molecule has 11 heteroatoms. The molecule has 0 aromatic heterocycles. The molecule has 9 atom stereocenters. The van der Waals surface area contributed by atoms with Gasteiger partial charge in [0.25, 0.3) is 0 Å². The second kappa shape index (κ2) is 55.8. The quantitative estimate of drug-likeness (QED) is 0.0215. The molecule has 1 saturated heterocycles. The zero-order chi connectivity index (χ0) is 56.8. The summed E-state index contributed by atoms with van der Waals surface area (Å²) in [6.45, 7) is 3.45. The molecule has 11 nitrogen and oxygen atoms in total. The molecule has 460 valence electrons. The Labute approximate surface area is 479 Å². The molecule has 78 heavy (non-hydrogen) atoms. The maximum absolute atomic E-state index is 13.2. The molecular formula is C67H127NO10. The van der Waals surface area contributed by atoms with E-state index in [4.69, 9.17) is 9.47 Å². The summed E-state index contributed by atoms with van der Waals surface area (Å²) >= 11 is 0. The molecule has 8 N–H and O–H groups in total. The van der Waals surface area contributed by atoms with Crippen LogP contribution in [-0.2, 0) is 14.3 Å². The maximum Gasteiger partial charge on any atom is 0.249 e. The van der Waals surface area contributed by atoms with Crippen molar-refractivity contribution in [3.05, 3.63) is 36.5 Å². The summed E-state index contributed by atoms with van der Waals surface area (Å²) in [7, 11) is 0. The largest absolute Gasteiger partial charge is 0.394 e. The monoisotopic (exact) mass is 1110 g/mol. The van der Waals surface area contributed by atoms with E-state index in [9.17, 15) is 40.5 Å². The number of hydrogen-bond donors (Lipinski definition) is 8. The van der Waals surface area contributed by atoms with Gasteiger partial charge in [-0.2, -0.15) is 0 Å². The molecule has 1 rings (SSSR count). The van der Waals surface area contributed by atoms with Crippen LogP contribution >= 0.6 is 0 Å². The molecule has 0 aromatic rings. The third-order valence-corrected chi connectivity index (χ3v) is 16.2. The minimum absolute atomic E-state index is 0.242. The summed E-state index contributed by atoms with van der Waals surface area (Å²) in [5.74, 6) is -0.707. The maximum atomic E-state index is 13.2. The van der Waals surface area contributed by atoms with Crippen LogP contribution in [-0.4, -0.2) is 110 Å². The summed E-state index contributed by atoms with van der Waals surface area (Å²) in [4.78, 5) is 13.2. The molecule has 1 aliphatic heterocycles. The number of carbonyl (C=O) groups excluding carboxylic acids is 1. The van der Waals surface area contributed by atoms with Gasteiger partial charge in [0.1, 0.15) is 36.6 Å². The van der Waals surface area contributed by atoms with Crippen LogP contribution in [0.3, 0.4) is 0 Å². The van der Waals surface area contributed by atoms with Crippen LogP contribution in [0.15, 0.2) is 36.5 Å². The fourth-order valence-electron chi connectivity index (χ4n) is 10.8. The minimum Gasteiger partial charge on any atom is -0.394 e. The highest BCUT2D eigenvalue weighted by atomic mass is 16.7. The lowest BCUT2D eigenvalue weighted by Crippen LogP contribution is -2.60. The number of amides is 1. The fourth-order valence-corrected chi connectivity index (χ4v) is 10.8. The number of nitrogens with one attached hydrogen (secondary N) is 1. The first-order chi connectivity index (χ1) is 38.2. The van der Waals surface area contributed by atoms with E-state index in [0.29, 0.717) is 19.3 Å². The number of aliphatic hydroxyl groups excluding tert-OH is 7. The molecule has 1 heterocycles. The van der Waals surface area contributed by atoms with Crippen molar-refractivity contribution in [1.29, 1.82) is 0 Å². The molecule has 0 bridgehead atoms. The topological polar surface area (TPSA) is 189 Å². The lowest BCUT2D eigenvalue weighted by molar-refractivity contribution is -0.303. The first-order valence-corrected chi connectivity index (χ1v) is 33.4. The van der Waals surface area contributed by atoms with Gasteiger partial charge in [0.2, 0.25) is 5.91 Å². The third-order valence-electron chi connectivity index (χ3n) is 16.2. The van der Waals surface area contributed by atoms with Gasteiger partial charge in [0.05, 0.1) is 25.4 Å². The number of rotatable bonds is 58. The van der Waals surface area contributed by atoms with Gasteiger partial charge in [-0.3, -0.25) is 4.79 Å². The Kier molecular flexibility index (Phi) is 53.2. The number of carbonyl (C=O) groups is 1. The molecule has 1 amide bonds. The van der Waals surface area contributed by atoms with Gasteiger partial charge < -0.3 is 50.5 Å². The van der Waals surface area contributed by atoms with Crippen LogP contribution < -0.4 is 5.32 Å². The van der Waals surface area contributed by atoms with Crippen LogP contribution in [0.1, 0.15) is 316 Å². The molecule has 9 unspecified atom stereocenters. The third kappa shape index (κ3) is 43.1. The van der Waals surface area contributed by atoms with E-state index in [1.54, 1.807) is 0 Å². The van der Waals surface area contributed by atoms with Crippen molar-refractivity contribution in [1.82, 2.24) is 5.32 Å². The lowest BCUT2D eigenvalue weighted by atomic mass is 9.98. The summed E-state index contributed by atoms with van der Waals surface area (Å²) < 4.78 is 11.1. The molecule has 1 aliphatic rings. The molecule has 0 aliphatic carbocycles. The molecule has 0 saturated carbocycles. The highest BCUT2D eigenvalue weighted by Crippen LogP contribution is 2.24. The minimum atomic E-state index is -1.67. The van der Waals surface area contributed by atoms with Crippen molar-refractivity contribution < 1.29 is 50.0 Å². The standard InChI is InChI=1S/C67H127NO10/c1-3-5-7-9-11-13-15-17-19-21-22-23-24-25-26-27-28-29-30-31-32-33-34-35-36-37-39-41-43-45-47-49-51-53-55-60(71)66(76)68-58(57-77-67-65(75)64(74)63(73)61(56-69)78-67)62(72)59(70)54-52-50-48-46-44-42-40-38-20-18-16-14-12-10-8-6-4-2/h14,16,38,40,46,48,58-65,67,69-75H,3-13,15,17-37,39,41-45,47,49-57H2,1-2H3,(H,68,76)/b16-14+,40-38+,48-46+. The number of hydrogen-bond acceptors (Lipinski definition) is 10. The number of ether oxygens (including phenoxy) is 2. The van der Waals surface area contributed by atoms with Crippen molar-refractivity contribution >= 4 is 5.91 Å². The first kappa shape index (κ1) is 74.3. The Balaban J connectivity index is 2.17. The summed E-state index contributed by atoms with van der Waals surface area (Å²) in [6.07, 6.45) is 59.5. The number of unbranched alkanes of at least 4 members (excludes halogenated alkanes) is 40. The number of allylic oxidation sites excluding steroid dienone is 6. The van der Waals surface area contributed by atoms with Crippen molar-refractivity contribution in [2.45, 2.75) is 371 Å². The zero-order valence-electron chi connectivity index (χ0n) is 50.7. The van der Waals surface area contributed by atoms with Crippen molar-refractivity contribution in [3.63, 3.8) is 0 Å². The predicted octanol–water partition coefficient (Wildman–Crippen LogP) is 15.4. The van der Waals surface area contributed by atoms with Gasteiger partial charge in [0, 0.05) is 0 Å². The van der Waals surface area contributed by atoms with Crippen LogP contribution in [0.4, 0.5) is 0 Å². The highest BCUT2D eigenvalue weighted by molar-refractivity contribution is 5.80. The zero-order valence-corrected chi connectivity index (χ0v) is 50.7. The van der Waals surface area contributed by atoms with Gasteiger partial charge in [-0.1, -0.05) is 288 Å². The van der Waals surface area contributed by atoms with Gasteiger partial charge in [-0.05, 0) is 64.2 Å². The Morgan fingerprint density at radius 1 is 0.436 bits per heavy atom. The van der Waals surface area contributed by atoms with E-state index in [1.807, 2.05) is 0 Å². The molecular weight excluding hydrogens is 979 g/mol. The van der Waals surface area contributed by atoms with Crippen LogP contribution in [0, 0.1) is 0 Å². The van der Waals surface area contributed by atoms with E-state index >= 15 is 0 Å². The van der Waals surface area contributed by atoms with E-state index in [-0.39, 0.29) is 12.8 Å². The van der Waals surface area contributed by atoms with Crippen LogP contribution in [0.5, 0.6) is 0 Å². The van der Waals surface area contributed by atoms with Gasteiger partial charge in [-0.25, -0.2) is 0 Å². The Morgan fingerprint density at radius 2 is 0.769 bits per heavy atom. The highest BCUT2D eigenvalue weighted by Gasteiger charge is 2.44. The second-order valence-electron chi connectivity index (χ2n) is 23.5. The first-order valence-electron chi connectivity index (χ1n) is 33.4. The van der Waals surface area contributed by atoms with Gasteiger partial charge in [-0.15, -0.1) is 0 Å². The predicted molar refractivity (Wildman–Crippen MR) is 325 cm³/mol. The van der Waals surface area contributed by atoms with E-state index in [1.165, 1.54) is 225 Å². The second-order valence-corrected chi connectivity index (χ2v) is 23.5. The molecule has 1 fully saturated rings. The average Bonchev–Trinajstić information content (AvgIpc) is 3.46. The Hall–Kier alpha value is -1.67. The molecule has 0 spiro atoms. The smallest absolute Gasteiger partial charge is 0.249 e. The fraction of sp³-hybridized carbons (Fsp3) is 0.896. The summed E-state index contributed by atoms with van der Waals surface area (Å²) in [5, 5.41) is 76.2. The average molecular weight is 1110 g/mol. The van der Waals surface area contributed by atoms with Crippen molar-refractivity contribution in [2.24, 2.45) is 0 Å². The molecule has 0 radical (unpaired) electrons. The van der Waals surface area contributed by atoms with Crippen LogP contribution in [0.2, 0.25) is 0 Å². The normalized spacial score (nSPS) is 19.6. The lowest BCUT2D eigenvalue weighted by Gasteiger charge is -2.40. The van der Waals surface area contributed by atoms with E-state index in [2.05, 4.69) is 55.6 Å². The molecule has 0 aromatic carbocycles. The summed E-state index contributed by atoms with van der Waals surface area (Å²) in [5.41, 5.74) is 0. The van der Waals surface area contributed by atoms with Crippen LogP contribution in [0.25, 0.3) is 0 Å². The van der Waals surface area contributed by atoms with Crippen molar-refractivity contribution in [3.8, 4) is 0 Å². The van der Waals surface area contributed by atoms with Gasteiger partial charge in [0.15, 0.2) is 6.29 Å².